The number of anilines is 6. The van der Waals surface area contributed by atoms with Crippen molar-refractivity contribution in [1.29, 1.82) is 0 Å². The van der Waals surface area contributed by atoms with Crippen molar-refractivity contribution in [1.82, 2.24) is 30.0 Å². The van der Waals surface area contributed by atoms with Crippen LogP contribution in [-0.4, -0.2) is 140 Å². The van der Waals surface area contributed by atoms with Gasteiger partial charge < -0.3 is 44.7 Å². The minimum Gasteiger partial charge on any atom is -0.494 e. The van der Waals surface area contributed by atoms with E-state index in [1.807, 2.05) is 53.4 Å². The lowest BCUT2D eigenvalue weighted by Crippen LogP contribution is -2.54. The van der Waals surface area contributed by atoms with Crippen LogP contribution in [0.15, 0.2) is 66.9 Å². The van der Waals surface area contributed by atoms with Crippen LogP contribution in [-0.2, 0) is 30.2 Å². The predicted octanol–water partition coefficient (Wildman–Crippen LogP) is 5.27. The highest BCUT2D eigenvalue weighted by Crippen LogP contribution is 2.39. The molecule has 344 valence electrons. The van der Waals surface area contributed by atoms with Crippen LogP contribution < -0.4 is 36.2 Å². The summed E-state index contributed by atoms with van der Waals surface area (Å²) in [5, 5.41) is 13.2. The lowest BCUT2D eigenvalue weighted by molar-refractivity contribution is -0.137. The van der Waals surface area contributed by atoms with Gasteiger partial charge in [0, 0.05) is 98.7 Å². The van der Waals surface area contributed by atoms with E-state index in [1.165, 1.54) is 11.1 Å². The summed E-state index contributed by atoms with van der Waals surface area (Å²) in [6.07, 6.45) is 4.39. The number of hydrogen-bond donors (Lipinski definition) is 4. The molecule has 1 aromatic heterocycles. The molecule has 4 aliphatic rings. The number of benzene rings is 3. The number of amides is 4. The molecule has 0 saturated carbocycles. The number of piperazine rings is 1. The number of para-hydroxylation sites is 1. The Balaban J connectivity index is 0.745. The SMILES string of the molecule is COc1cc(N2CCC(N3CCN(C(=O)CCOCCNc4cccc5c4CN(C4CCC(=O)NC4=O)C5=O)CC3)CC2)ccc1Nc1ncc(Cl)c(Nc2ccccc2P(C)(C)=O)n1. The molecule has 0 bridgehead atoms. The third-order valence-electron chi connectivity index (χ3n) is 12.5. The topological polar surface area (TPSA) is 191 Å². The van der Waals surface area contributed by atoms with Crippen LogP contribution in [0.4, 0.5) is 34.5 Å². The number of rotatable bonds is 16. The summed E-state index contributed by atoms with van der Waals surface area (Å²) in [7, 11) is -0.922. The van der Waals surface area contributed by atoms with Gasteiger partial charge in [0.25, 0.3) is 5.91 Å². The molecule has 1 atom stereocenters. The van der Waals surface area contributed by atoms with Crippen LogP contribution in [0.25, 0.3) is 0 Å². The van der Waals surface area contributed by atoms with E-state index in [0.29, 0.717) is 103 Å². The van der Waals surface area contributed by atoms with Gasteiger partial charge in [-0.15, -0.1) is 0 Å². The van der Waals surface area contributed by atoms with Crippen molar-refractivity contribution in [2.75, 3.05) is 100 Å². The zero-order chi connectivity index (χ0) is 45.7. The summed E-state index contributed by atoms with van der Waals surface area (Å²) in [6, 6.07) is 18.7. The van der Waals surface area contributed by atoms with Gasteiger partial charge >= 0.3 is 0 Å². The van der Waals surface area contributed by atoms with Crippen LogP contribution in [0.1, 0.15) is 48.0 Å². The van der Waals surface area contributed by atoms with Gasteiger partial charge in [0.1, 0.15) is 24.0 Å². The predicted molar refractivity (Wildman–Crippen MR) is 252 cm³/mol. The number of halogens is 1. The second kappa shape index (κ2) is 20.2. The van der Waals surface area contributed by atoms with E-state index in [9.17, 15) is 23.7 Å². The van der Waals surface area contributed by atoms with Gasteiger partial charge in [-0.1, -0.05) is 29.8 Å². The molecule has 8 rings (SSSR count). The molecule has 5 heterocycles. The molecule has 4 amide bonds. The monoisotopic (exact) mass is 926 g/mol. The number of carbonyl (C=O) groups is 4. The molecule has 4 aliphatic heterocycles. The molecule has 3 aromatic carbocycles. The van der Waals surface area contributed by atoms with Gasteiger partial charge in [0.05, 0.1) is 44.3 Å². The number of ether oxygens (including phenoxy) is 2. The summed E-state index contributed by atoms with van der Waals surface area (Å²) in [6.45, 7) is 9.83. The van der Waals surface area contributed by atoms with Crippen molar-refractivity contribution in [2.24, 2.45) is 0 Å². The second-order valence-electron chi connectivity index (χ2n) is 17.0. The first-order chi connectivity index (χ1) is 31.4. The van der Waals surface area contributed by atoms with Gasteiger partial charge in [0.15, 0.2) is 5.82 Å². The van der Waals surface area contributed by atoms with E-state index in [2.05, 4.69) is 47.1 Å². The lowest BCUT2D eigenvalue weighted by Gasteiger charge is -2.43. The van der Waals surface area contributed by atoms with Gasteiger partial charge in [-0.2, -0.15) is 4.98 Å². The minimum atomic E-state index is -2.56. The van der Waals surface area contributed by atoms with Crippen LogP contribution in [0, 0.1) is 0 Å². The Hall–Kier alpha value is -5.74. The summed E-state index contributed by atoms with van der Waals surface area (Å²) in [5.41, 5.74) is 4.63. The molecule has 65 heavy (non-hydrogen) atoms. The first-order valence-electron chi connectivity index (χ1n) is 22.1. The molecule has 17 nitrogen and oxygen atoms in total. The lowest BCUT2D eigenvalue weighted by atomic mass is 10.0. The highest BCUT2D eigenvalue weighted by atomic mass is 35.5. The van der Waals surface area contributed by atoms with E-state index < -0.39 is 19.1 Å². The Morgan fingerprint density at radius 3 is 2.43 bits per heavy atom. The Kier molecular flexibility index (Phi) is 14.2. The number of piperidine rings is 2. The van der Waals surface area contributed by atoms with Crippen LogP contribution >= 0.6 is 18.7 Å². The third-order valence-corrected chi connectivity index (χ3v) is 14.4. The number of carbonyl (C=O) groups excluding carboxylic acids is 4. The zero-order valence-electron chi connectivity index (χ0n) is 37.0. The molecule has 0 radical (unpaired) electrons. The summed E-state index contributed by atoms with van der Waals surface area (Å²) >= 11 is 6.48. The molecular weight excluding hydrogens is 871 g/mol. The standard InChI is InChI=1S/C46H56ClN10O7P/c1-63-39-27-31(11-12-36(39)51-46-49-28-34(47)43(53-46)50-37-8-4-5-10-40(37)65(2,3)62)54-19-15-30(16-20-54)55-21-23-56(24-22-55)42(59)17-25-64-26-18-48-35-9-6-7-32-33(35)29-57(45(32)61)38-13-14-41(58)52-44(38)60/h4-12,27-28,30,38,48H,13-26,29H2,1-3H3,(H,52,58,60)(H2,49,50,51,53). The van der Waals surface area contributed by atoms with Crippen molar-refractivity contribution in [3.05, 3.63) is 83.0 Å². The number of nitrogens with one attached hydrogen (secondary N) is 4. The largest absolute Gasteiger partial charge is 0.494 e. The Morgan fingerprint density at radius 2 is 1.68 bits per heavy atom. The fraction of sp³-hybridized carbons (Fsp3) is 0.435. The average molecular weight is 927 g/mol. The first kappa shape index (κ1) is 45.8. The maximum absolute atomic E-state index is 13.1. The van der Waals surface area contributed by atoms with Crippen molar-refractivity contribution >= 4 is 82.2 Å². The van der Waals surface area contributed by atoms with Gasteiger partial charge in [0.2, 0.25) is 23.7 Å². The van der Waals surface area contributed by atoms with Crippen LogP contribution in [0.2, 0.25) is 5.02 Å². The molecule has 3 fully saturated rings. The van der Waals surface area contributed by atoms with Gasteiger partial charge in [-0.3, -0.25) is 29.4 Å². The Bertz CT molecular complexity index is 2470. The number of fused-ring (bicyclic) bond motifs is 1. The average Bonchev–Trinajstić information content (AvgIpc) is 3.64. The van der Waals surface area contributed by atoms with Gasteiger partial charge in [-0.25, -0.2) is 4.98 Å². The molecule has 1 unspecified atom stereocenters. The number of aromatic nitrogens is 2. The highest BCUT2D eigenvalue weighted by molar-refractivity contribution is 7.70. The number of imide groups is 1. The van der Waals surface area contributed by atoms with Crippen molar-refractivity contribution in [2.45, 2.75) is 50.7 Å². The van der Waals surface area contributed by atoms with E-state index in [-0.39, 0.29) is 24.1 Å². The quantitative estimate of drug-likeness (QED) is 0.0646. The molecule has 0 aliphatic carbocycles. The van der Waals surface area contributed by atoms with E-state index in [4.69, 9.17) is 21.1 Å². The summed E-state index contributed by atoms with van der Waals surface area (Å²) in [4.78, 5) is 67.7. The Labute approximate surface area is 383 Å². The fourth-order valence-electron chi connectivity index (χ4n) is 9.05. The van der Waals surface area contributed by atoms with Gasteiger partial charge in [-0.05, 0) is 69.0 Å². The molecule has 3 saturated heterocycles. The normalized spacial score (nSPS) is 18.4. The minimum absolute atomic E-state index is 0.0961. The maximum atomic E-state index is 13.1. The zero-order valence-corrected chi connectivity index (χ0v) is 38.6. The molecule has 4 aromatic rings. The Morgan fingerprint density at radius 1 is 0.908 bits per heavy atom. The van der Waals surface area contributed by atoms with Crippen LogP contribution in [0.3, 0.4) is 0 Å². The number of nitrogens with zero attached hydrogens (tertiary/aromatic N) is 6. The molecular formula is C46H56ClN10O7P. The summed E-state index contributed by atoms with van der Waals surface area (Å²) < 4.78 is 24.5. The van der Waals surface area contributed by atoms with Crippen LogP contribution in [0.5, 0.6) is 5.75 Å². The molecule has 4 N–H and O–H groups in total. The van der Waals surface area contributed by atoms with E-state index in [1.54, 1.807) is 26.5 Å². The fourth-order valence-corrected chi connectivity index (χ4v) is 10.3. The smallest absolute Gasteiger partial charge is 0.255 e. The summed E-state index contributed by atoms with van der Waals surface area (Å²) in [5.74, 6) is 0.510. The van der Waals surface area contributed by atoms with E-state index >= 15 is 0 Å². The number of hydrogen-bond acceptors (Lipinski definition) is 14. The van der Waals surface area contributed by atoms with E-state index in [0.717, 1.165) is 56.0 Å². The molecule has 0 spiro atoms. The third kappa shape index (κ3) is 10.7. The van der Waals surface area contributed by atoms with Crippen molar-refractivity contribution in [3.8, 4) is 5.75 Å². The maximum Gasteiger partial charge on any atom is 0.255 e. The first-order valence-corrected chi connectivity index (χ1v) is 25.1. The molecule has 19 heteroatoms. The second-order valence-corrected chi connectivity index (χ2v) is 20.6. The highest BCUT2D eigenvalue weighted by Gasteiger charge is 2.40. The number of methoxy groups -OCH3 is 1. The van der Waals surface area contributed by atoms with Crippen molar-refractivity contribution < 1.29 is 33.2 Å². The van der Waals surface area contributed by atoms with Crippen molar-refractivity contribution in [3.63, 3.8) is 0 Å².